The molecule has 1 aromatic rings. The van der Waals surface area contributed by atoms with Gasteiger partial charge in [-0.1, -0.05) is 0 Å². The van der Waals surface area contributed by atoms with Crippen LogP contribution in [0.1, 0.15) is 12.5 Å². The number of nitro groups is 1. The van der Waals surface area contributed by atoms with E-state index >= 15 is 0 Å². The van der Waals surface area contributed by atoms with Gasteiger partial charge in [-0.15, -0.1) is 0 Å². The van der Waals surface area contributed by atoms with Gasteiger partial charge in [-0.3, -0.25) is 10.1 Å². The highest BCUT2D eigenvalue weighted by molar-refractivity contribution is 5.51. The van der Waals surface area contributed by atoms with E-state index in [2.05, 4.69) is 0 Å². The Labute approximate surface area is 78.8 Å². The van der Waals surface area contributed by atoms with Crippen LogP contribution in [0.2, 0.25) is 0 Å². The maximum absolute atomic E-state index is 13.0. The Balaban J connectivity index is 3.09. The maximum Gasteiger partial charge on any atom is 0.243 e. The minimum absolute atomic E-state index is 0.000556. The molecule has 0 aliphatic rings. The highest BCUT2D eigenvalue weighted by atomic mass is 19.1. The largest absolute Gasteiger partial charge is 0.259 e. The Hall–Kier alpha value is -1.78. The normalized spacial score (nSPS) is 11.5. The molecule has 0 N–H and O–H groups in total. The minimum Gasteiger partial charge on any atom is -0.259 e. The second kappa shape index (κ2) is 3.95. The Morgan fingerprint density at radius 3 is 2.64 bits per heavy atom. The molecule has 5 heteroatoms. The molecule has 0 atom stereocenters. The SMILES string of the molecule is C/C(=C\c1ccc(F)cc1F)[N+](=O)[O-]. The Morgan fingerprint density at radius 1 is 1.50 bits per heavy atom. The van der Waals surface area contributed by atoms with Gasteiger partial charge < -0.3 is 0 Å². The summed E-state index contributed by atoms with van der Waals surface area (Å²) >= 11 is 0. The second-order valence-corrected chi connectivity index (χ2v) is 2.71. The van der Waals surface area contributed by atoms with Crippen molar-refractivity contribution in [2.24, 2.45) is 0 Å². The lowest BCUT2D eigenvalue weighted by Gasteiger charge is -1.96. The van der Waals surface area contributed by atoms with Crippen LogP contribution in [0.5, 0.6) is 0 Å². The fraction of sp³-hybridized carbons (Fsp3) is 0.111. The van der Waals surface area contributed by atoms with Crippen molar-refractivity contribution in [3.8, 4) is 0 Å². The number of allylic oxidation sites excluding steroid dienone is 1. The molecular weight excluding hydrogens is 192 g/mol. The molecule has 0 aromatic heterocycles. The molecule has 1 aromatic carbocycles. The van der Waals surface area contributed by atoms with E-state index in [1.165, 1.54) is 6.92 Å². The van der Waals surface area contributed by atoms with Crippen molar-refractivity contribution in [2.45, 2.75) is 6.92 Å². The van der Waals surface area contributed by atoms with E-state index in [0.29, 0.717) is 6.07 Å². The topological polar surface area (TPSA) is 43.1 Å². The fourth-order valence-electron chi connectivity index (χ4n) is 0.896. The van der Waals surface area contributed by atoms with Gasteiger partial charge in [-0.05, 0) is 12.1 Å². The molecule has 0 unspecified atom stereocenters. The standard InChI is InChI=1S/C9H7F2NO2/c1-6(12(13)14)4-7-2-3-8(10)5-9(7)11/h2-5H,1H3/b6-4+. The molecule has 0 saturated heterocycles. The first-order valence-corrected chi connectivity index (χ1v) is 3.78. The average molecular weight is 199 g/mol. The third-order valence-corrected chi connectivity index (χ3v) is 1.61. The van der Waals surface area contributed by atoms with Gasteiger partial charge in [0, 0.05) is 24.6 Å². The van der Waals surface area contributed by atoms with Gasteiger partial charge in [-0.2, -0.15) is 0 Å². The molecular formula is C9H7F2NO2. The number of hydrogen-bond donors (Lipinski definition) is 0. The van der Waals surface area contributed by atoms with Crippen LogP contribution in [0.25, 0.3) is 6.08 Å². The minimum atomic E-state index is -0.814. The van der Waals surface area contributed by atoms with E-state index in [1.807, 2.05) is 0 Å². The fourth-order valence-corrected chi connectivity index (χ4v) is 0.896. The van der Waals surface area contributed by atoms with Crippen LogP contribution >= 0.6 is 0 Å². The maximum atomic E-state index is 13.0. The van der Waals surface area contributed by atoms with Crippen LogP contribution in [0, 0.1) is 21.7 Å². The lowest BCUT2D eigenvalue weighted by Crippen LogP contribution is -1.94. The molecule has 1 rings (SSSR count). The van der Waals surface area contributed by atoms with E-state index in [9.17, 15) is 18.9 Å². The van der Waals surface area contributed by atoms with Gasteiger partial charge in [0.15, 0.2) is 0 Å². The molecule has 0 bridgehead atoms. The molecule has 3 nitrogen and oxygen atoms in total. The van der Waals surface area contributed by atoms with E-state index < -0.39 is 16.6 Å². The predicted molar refractivity (Wildman–Crippen MR) is 47.0 cm³/mol. The van der Waals surface area contributed by atoms with Crippen LogP contribution in [-0.2, 0) is 0 Å². The van der Waals surface area contributed by atoms with Crippen molar-refractivity contribution >= 4 is 6.08 Å². The quantitative estimate of drug-likeness (QED) is 0.542. The lowest BCUT2D eigenvalue weighted by molar-refractivity contribution is -0.422. The summed E-state index contributed by atoms with van der Waals surface area (Å²) in [5.74, 6) is -1.52. The first-order chi connectivity index (χ1) is 6.50. The van der Waals surface area contributed by atoms with Gasteiger partial charge in [-0.25, -0.2) is 8.78 Å². The van der Waals surface area contributed by atoms with Crippen LogP contribution in [0.15, 0.2) is 23.9 Å². The molecule has 0 amide bonds. The number of halogens is 2. The third-order valence-electron chi connectivity index (χ3n) is 1.61. The van der Waals surface area contributed by atoms with Gasteiger partial charge in [0.2, 0.25) is 5.70 Å². The Morgan fingerprint density at radius 2 is 2.14 bits per heavy atom. The smallest absolute Gasteiger partial charge is 0.243 e. The number of hydrogen-bond acceptors (Lipinski definition) is 2. The molecule has 0 fully saturated rings. The van der Waals surface area contributed by atoms with Crippen molar-refractivity contribution in [3.63, 3.8) is 0 Å². The summed E-state index contributed by atoms with van der Waals surface area (Å²) in [6.45, 7) is 1.24. The van der Waals surface area contributed by atoms with Crippen LogP contribution in [-0.4, -0.2) is 4.92 Å². The predicted octanol–water partition coefficient (Wildman–Crippen LogP) is 2.60. The molecule has 0 aliphatic heterocycles. The van der Waals surface area contributed by atoms with E-state index in [1.54, 1.807) is 0 Å². The van der Waals surface area contributed by atoms with Crippen molar-refractivity contribution in [1.82, 2.24) is 0 Å². The summed E-state index contributed by atoms with van der Waals surface area (Å²) in [5, 5.41) is 10.2. The van der Waals surface area contributed by atoms with Crippen molar-refractivity contribution in [3.05, 3.63) is 51.2 Å². The van der Waals surface area contributed by atoms with Gasteiger partial charge in [0.25, 0.3) is 0 Å². The first kappa shape index (κ1) is 10.3. The summed E-state index contributed by atoms with van der Waals surface area (Å²) < 4.78 is 25.4. The highest BCUT2D eigenvalue weighted by Gasteiger charge is 2.06. The zero-order valence-electron chi connectivity index (χ0n) is 7.33. The third kappa shape index (κ3) is 2.35. The molecule has 0 spiro atoms. The van der Waals surface area contributed by atoms with Crippen LogP contribution in [0.4, 0.5) is 8.78 Å². The summed E-state index contributed by atoms with van der Waals surface area (Å²) in [7, 11) is 0. The lowest BCUT2D eigenvalue weighted by atomic mass is 10.2. The molecule has 0 aliphatic carbocycles. The molecule has 74 valence electrons. The summed E-state index contributed by atoms with van der Waals surface area (Å²) in [5.41, 5.74) is -0.198. The summed E-state index contributed by atoms with van der Waals surface area (Å²) in [6.07, 6.45) is 1.05. The van der Waals surface area contributed by atoms with Crippen LogP contribution in [0.3, 0.4) is 0 Å². The van der Waals surface area contributed by atoms with E-state index in [-0.39, 0.29) is 11.3 Å². The first-order valence-electron chi connectivity index (χ1n) is 3.78. The van der Waals surface area contributed by atoms with Crippen molar-refractivity contribution < 1.29 is 13.7 Å². The molecule has 0 saturated carbocycles. The molecule has 0 radical (unpaired) electrons. The van der Waals surface area contributed by atoms with Gasteiger partial charge in [0.1, 0.15) is 11.6 Å². The number of nitrogens with zero attached hydrogens (tertiary/aromatic N) is 1. The molecule has 0 heterocycles. The second-order valence-electron chi connectivity index (χ2n) is 2.71. The Bertz CT molecular complexity index is 402. The number of benzene rings is 1. The highest BCUT2D eigenvalue weighted by Crippen LogP contribution is 2.13. The molecule has 14 heavy (non-hydrogen) atoms. The van der Waals surface area contributed by atoms with Gasteiger partial charge in [0.05, 0.1) is 4.92 Å². The number of rotatable bonds is 2. The Kier molecular flexibility index (Phi) is 2.91. The average Bonchev–Trinajstić information content (AvgIpc) is 2.09. The van der Waals surface area contributed by atoms with Crippen molar-refractivity contribution in [2.75, 3.05) is 0 Å². The van der Waals surface area contributed by atoms with E-state index in [4.69, 9.17) is 0 Å². The summed E-state index contributed by atoms with van der Waals surface area (Å²) in [6, 6.07) is 2.87. The zero-order valence-corrected chi connectivity index (χ0v) is 7.33. The summed E-state index contributed by atoms with van der Waals surface area (Å²) in [4.78, 5) is 9.59. The van der Waals surface area contributed by atoms with E-state index in [0.717, 1.165) is 18.2 Å². The van der Waals surface area contributed by atoms with Gasteiger partial charge >= 0.3 is 0 Å². The van der Waals surface area contributed by atoms with Crippen molar-refractivity contribution in [1.29, 1.82) is 0 Å². The zero-order chi connectivity index (χ0) is 10.7. The monoisotopic (exact) mass is 199 g/mol. The van der Waals surface area contributed by atoms with Crippen LogP contribution < -0.4 is 0 Å².